The van der Waals surface area contributed by atoms with Gasteiger partial charge < -0.3 is 10.4 Å². The van der Waals surface area contributed by atoms with E-state index in [4.69, 9.17) is 5.11 Å². The standard InChI is InChI=1S/C7H12N2O6S/c1-4(6(12)9-7(13)8-2)16(14,15)3-5(10)11/h4H,3H2,1-2H3,(H,10,11)(H2,8,9,12,13). The number of carbonyl (C=O) groups is 3. The predicted octanol–water partition coefficient (Wildman–Crippen LogP) is -1.67. The van der Waals surface area contributed by atoms with Gasteiger partial charge in [0.2, 0.25) is 5.91 Å². The van der Waals surface area contributed by atoms with Gasteiger partial charge in [0.25, 0.3) is 0 Å². The van der Waals surface area contributed by atoms with Gasteiger partial charge in [-0.15, -0.1) is 0 Å². The number of sulfone groups is 1. The molecule has 8 nitrogen and oxygen atoms in total. The average molecular weight is 252 g/mol. The summed E-state index contributed by atoms with van der Waals surface area (Å²) in [5.41, 5.74) is 0. The van der Waals surface area contributed by atoms with E-state index in [9.17, 15) is 22.8 Å². The lowest BCUT2D eigenvalue weighted by Crippen LogP contribution is -2.45. The smallest absolute Gasteiger partial charge is 0.321 e. The molecule has 1 atom stereocenters. The lowest BCUT2D eigenvalue weighted by molar-refractivity contribution is -0.134. The molecule has 9 heteroatoms. The third-order valence-corrected chi connectivity index (χ3v) is 3.64. The summed E-state index contributed by atoms with van der Waals surface area (Å²) in [7, 11) is -2.86. The van der Waals surface area contributed by atoms with Crippen LogP contribution in [0.1, 0.15) is 6.92 Å². The molecule has 16 heavy (non-hydrogen) atoms. The summed E-state index contributed by atoms with van der Waals surface area (Å²) in [6.45, 7) is 1.01. The number of rotatable bonds is 4. The number of carbonyl (C=O) groups excluding carboxylic acids is 2. The van der Waals surface area contributed by atoms with Crippen molar-refractivity contribution in [1.29, 1.82) is 0 Å². The molecule has 0 aromatic carbocycles. The largest absolute Gasteiger partial charge is 0.480 e. The summed E-state index contributed by atoms with van der Waals surface area (Å²) in [6.07, 6.45) is 0. The Morgan fingerprint density at radius 2 is 1.81 bits per heavy atom. The molecule has 0 bridgehead atoms. The van der Waals surface area contributed by atoms with E-state index >= 15 is 0 Å². The number of aliphatic carboxylic acids is 1. The highest BCUT2D eigenvalue weighted by atomic mass is 32.2. The Morgan fingerprint density at radius 1 is 1.31 bits per heavy atom. The summed E-state index contributed by atoms with van der Waals surface area (Å²) in [5.74, 6) is -3.78. The number of amides is 3. The molecule has 0 aromatic heterocycles. The normalized spacial score (nSPS) is 12.6. The molecule has 0 aliphatic carbocycles. The van der Waals surface area contributed by atoms with E-state index in [1.807, 2.05) is 0 Å². The van der Waals surface area contributed by atoms with Crippen molar-refractivity contribution in [3.05, 3.63) is 0 Å². The summed E-state index contributed by atoms with van der Waals surface area (Å²) >= 11 is 0. The van der Waals surface area contributed by atoms with Crippen LogP contribution in [0.15, 0.2) is 0 Å². The molecule has 92 valence electrons. The fourth-order valence-corrected chi connectivity index (χ4v) is 1.72. The predicted molar refractivity (Wildman–Crippen MR) is 53.5 cm³/mol. The van der Waals surface area contributed by atoms with Gasteiger partial charge in [-0.25, -0.2) is 13.2 Å². The maximum absolute atomic E-state index is 11.3. The van der Waals surface area contributed by atoms with Gasteiger partial charge >= 0.3 is 12.0 Å². The minimum Gasteiger partial charge on any atom is -0.480 e. The summed E-state index contributed by atoms with van der Waals surface area (Å²) < 4.78 is 22.6. The van der Waals surface area contributed by atoms with Crippen LogP contribution in [0.4, 0.5) is 4.79 Å². The zero-order valence-corrected chi connectivity index (χ0v) is 9.50. The first kappa shape index (κ1) is 14.4. The number of carboxylic acid groups (broad SMARTS) is 1. The van der Waals surface area contributed by atoms with E-state index in [0.29, 0.717) is 0 Å². The van der Waals surface area contributed by atoms with Crippen molar-refractivity contribution in [1.82, 2.24) is 10.6 Å². The van der Waals surface area contributed by atoms with Crippen molar-refractivity contribution >= 4 is 27.7 Å². The fourth-order valence-electron chi connectivity index (χ4n) is 0.736. The topological polar surface area (TPSA) is 130 Å². The molecule has 3 N–H and O–H groups in total. The zero-order valence-electron chi connectivity index (χ0n) is 8.68. The van der Waals surface area contributed by atoms with Crippen LogP contribution in [0.5, 0.6) is 0 Å². The van der Waals surface area contributed by atoms with E-state index in [0.717, 1.165) is 6.92 Å². The fraction of sp³-hybridized carbons (Fsp3) is 0.571. The van der Waals surface area contributed by atoms with Gasteiger partial charge in [-0.3, -0.25) is 14.9 Å². The Balaban J connectivity index is 4.67. The molecular weight excluding hydrogens is 240 g/mol. The van der Waals surface area contributed by atoms with Gasteiger partial charge in [0, 0.05) is 7.05 Å². The Kier molecular flexibility index (Phi) is 4.89. The second-order valence-electron chi connectivity index (χ2n) is 2.91. The second kappa shape index (κ2) is 5.45. The van der Waals surface area contributed by atoms with E-state index in [1.165, 1.54) is 7.05 Å². The van der Waals surface area contributed by atoms with Gasteiger partial charge in [-0.05, 0) is 6.92 Å². The lowest BCUT2D eigenvalue weighted by Gasteiger charge is -2.10. The van der Waals surface area contributed by atoms with Crippen LogP contribution in [0, 0.1) is 0 Å². The van der Waals surface area contributed by atoms with E-state index < -0.39 is 38.7 Å². The van der Waals surface area contributed by atoms with Crippen LogP contribution >= 0.6 is 0 Å². The third-order valence-electron chi connectivity index (χ3n) is 1.70. The van der Waals surface area contributed by atoms with Crippen LogP contribution in [0.25, 0.3) is 0 Å². The maximum atomic E-state index is 11.3. The van der Waals surface area contributed by atoms with Crippen molar-refractivity contribution in [3.8, 4) is 0 Å². The molecule has 0 heterocycles. The van der Waals surface area contributed by atoms with Crippen LogP contribution in [-0.4, -0.2) is 49.5 Å². The number of nitrogens with one attached hydrogen (secondary N) is 2. The molecule has 0 radical (unpaired) electrons. The van der Waals surface area contributed by atoms with Crippen LogP contribution in [0.2, 0.25) is 0 Å². The highest BCUT2D eigenvalue weighted by Gasteiger charge is 2.30. The van der Waals surface area contributed by atoms with Crippen molar-refractivity contribution in [3.63, 3.8) is 0 Å². The van der Waals surface area contributed by atoms with Gasteiger partial charge in [0.15, 0.2) is 9.84 Å². The van der Waals surface area contributed by atoms with Gasteiger partial charge in [-0.1, -0.05) is 0 Å². The number of hydrogen-bond acceptors (Lipinski definition) is 5. The Labute approximate surface area is 91.9 Å². The highest BCUT2D eigenvalue weighted by molar-refractivity contribution is 7.93. The van der Waals surface area contributed by atoms with Crippen LogP contribution in [0.3, 0.4) is 0 Å². The molecule has 0 saturated carbocycles. The zero-order chi connectivity index (χ0) is 12.9. The monoisotopic (exact) mass is 252 g/mol. The molecule has 0 aliphatic heterocycles. The maximum Gasteiger partial charge on any atom is 0.321 e. The Hall–Kier alpha value is -1.64. The van der Waals surface area contributed by atoms with Gasteiger partial charge in [0.1, 0.15) is 11.0 Å². The average Bonchev–Trinajstić information content (AvgIpc) is 2.14. The summed E-state index contributed by atoms with van der Waals surface area (Å²) in [4.78, 5) is 32.1. The van der Waals surface area contributed by atoms with Crippen molar-refractivity contribution < 1.29 is 27.9 Å². The Bertz CT molecular complexity index is 401. The second-order valence-corrected chi connectivity index (χ2v) is 5.23. The van der Waals surface area contributed by atoms with Gasteiger partial charge in [0.05, 0.1) is 0 Å². The first-order chi connectivity index (χ1) is 7.20. The van der Waals surface area contributed by atoms with Crippen molar-refractivity contribution in [2.75, 3.05) is 12.8 Å². The number of hydrogen-bond donors (Lipinski definition) is 3. The number of urea groups is 1. The molecule has 0 aromatic rings. The van der Waals surface area contributed by atoms with Crippen LogP contribution in [-0.2, 0) is 19.4 Å². The first-order valence-electron chi connectivity index (χ1n) is 4.16. The van der Waals surface area contributed by atoms with E-state index in [2.05, 4.69) is 5.32 Å². The van der Waals surface area contributed by atoms with Crippen LogP contribution < -0.4 is 10.6 Å². The summed E-state index contributed by atoms with van der Waals surface area (Å²) in [6, 6.07) is -0.859. The molecule has 0 saturated heterocycles. The molecule has 0 rings (SSSR count). The highest BCUT2D eigenvalue weighted by Crippen LogP contribution is 2.02. The first-order valence-corrected chi connectivity index (χ1v) is 5.88. The minimum absolute atomic E-state index is 0.859. The quantitative estimate of drug-likeness (QED) is 0.548. The van der Waals surface area contributed by atoms with Gasteiger partial charge in [-0.2, -0.15) is 0 Å². The minimum atomic E-state index is -4.10. The lowest BCUT2D eigenvalue weighted by atomic mass is 10.4. The van der Waals surface area contributed by atoms with E-state index in [-0.39, 0.29) is 0 Å². The third kappa shape index (κ3) is 4.26. The van der Waals surface area contributed by atoms with Crippen molar-refractivity contribution in [2.24, 2.45) is 0 Å². The molecular formula is C7H12N2O6S. The summed E-state index contributed by atoms with van der Waals surface area (Å²) in [5, 5.41) is 10.5. The molecule has 3 amide bonds. The van der Waals surface area contributed by atoms with E-state index in [1.54, 1.807) is 5.32 Å². The SMILES string of the molecule is CNC(=O)NC(=O)C(C)S(=O)(=O)CC(=O)O. The van der Waals surface area contributed by atoms with Crippen molar-refractivity contribution in [2.45, 2.75) is 12.2 Å². The Morgan fingerprint density at radius 3 is 2.19 bits per heavy atom. The molecule has 0 fully saturated rings. The molecule has 1 unspecified atom stereocenters. The number of carboxylic acids is 1. The molecule has 0 aliphatic rings. The number of imide groups is 1. The molecule has 0 spiro atoms.